The smallest absolute Gasteiger partial charge is 0.273 e. The van der Waals surface area contributed by atoms with Crippen LogP contribution in [0.3, 0.4) is 0 Å². The lowest BCUT2D eigenvalue weighted by Gasteiger charge is -2.30. The maximum atomic E-state index is 12.5. The summed E-state index contributed by atoms with van der Waals surface area (Å²) in [4.78, 5) is 22.6. The third-order valence-corrected chi connectivity index (χ3v) is 5.21. The molecule has 1 saturated heterocycles. The number of amides is 1. The van der Waals surface area contributed by atoms with E-state index in [1.165, 1.54) is 0 Å². The Bertz CT molecular complexity index is 862. The number of nitrogens with one attached hydrogen (secondary N) is 2. The number of anilines is 1. The zero-order chi connectivity index (χ0) is 16.9. The van der Waals surface area contributed by atoms with E-state index in [0.717, 1.165) is 50.2 Å². The van der Waals surface area contributed by atoms with Crippen LogP contribution in [0.25, 0.3) is 11.1 Å². The van der Waals surface area contributed by atoms with Gasteiger partial charge in [0.15, 0.2) is 11.5 Å². The van der Waals surface area contributed by atoms with E-state index in [2.05, 4.69) is 20.8 Å². The third kappa shape index (κ3) is 2.78. The number of rotatable bonds is 3. The molecule has 2 fully saturated rings. The summed E-state index contributed by atoms with van der Waals surface area (Å²) in [7, 11) is 0. The molecule has 3 aliphatic rings. The first-order valence-electron chi connectivity index (χ1n) is 8.88. The normalized spacial score (nSPS) is 22.0. The highest BCUT2D eigenvalue weighted by atomic mass is 16.7. The number of nitrogens with zero attached hydrogens (tertiary/aromatic N) is 2. The first kappa shape index (κ1) is 14.9. The van der Waals surface area contributed by atoms with Crippen LogP contribution < -0.4 is 10.6 Å². The van der Waals surface area contributed by atoms with Crippen LogP contribution in [0.4, 0.5) is 5.69 Å². The molecule has 1 saturated carbocycles. The molecule has 5 rings (SSSR count). The molecular weight excluding hydrogens is 320 g/mol. The van der Waals surface area contributed by atoms with Gasteiger partial charge in [0, 0.05) is 36.9 Å². The van der Waals surface area contributed by atoms with Crippen molar-refractivity contribution in [3.05, 3.63) is 24.1 Å². The molecular formula is C18H20N4O3. The first-order chi connectivity index (χ1) is 12.2. The number of carbonyl (C=O) groups excluding carboxylic acids is 1. The molecule has 7 heteroatoms. The minimum Gasteiger partial charge on any atom is -0.440 e. The summed E-state index contributed by atoms with van der Waals surface area (Å²) >= 11 is 0. The van der Waals surface area contributed by atoms with Crippen molar-refractivity contribution >= 4 is 28.4 Å². The first-order valence-corrected chi connectivity index (χ1v) is 8.88. The second kappa shape index (κ2) is 5.56. The fraction of sp³-hybridized carbons (Fsp3) is 0.500. The molecule has 1 aliphatic carbocycles. The number of oxime groups is 1. The van der Waals surface area contributed by atoms with Gasteiger partial charge in [-0.25, -0.2) is 4.98 Å². The average molecular weight is 340 g/mol. The molecule has 0 unspecified atom stereocenters. The summed E-state index contributed by atoms with van der Waals surface area (Å²) in [5.74, 6) is 1.06. The number of oxazole rings is 1. The SMILES string of the molecule is O=C(Nc1ccc2nc(C3CC3)oc2c1)C1=NOC2(CCNCC2)C1. The Morgan fingerprint density at radius 2 is 2.12 bits per heavy atom. The molecule has 130 valence electrons. The van der Waals surface area contributed by atoms with Crippen molar-refractivity contribution in [3.63, 3.8) is 0 Å². The fourth-order valence-corrected chi connectivity index (χ4v) is 3.52. The summed E-state index contributed by atoms with van der Waals surface area (Å²) in [6.45, 7) is 1.80. The molecule has 2 N–H and O–H groups in total. The fourth-order valence-electron chi connectivity index (χ4n) is 3.52. The number of hydrogen-bond donors (Lipinski definition) is 2. The molecule has 3 heterocycles. The largest absolute Gasteiger partial charge is 0.440 e. The van der Waals surface area contributed by atoms with Crippen LogP contribution in [0.2, 0.25) is 0 Å². The van der Waals surface area contributed by atoms with Crippen molar-refractivity contribution in [1.82, 2.24) is 10.3 Å². The van der Waals surface area contributed by atoms with Crippen LogP contribution in [0, 0.1) is 0 Å². The highest BCUT2D eigenvalue weighted by Crippen LogP contribution is 2.40. The summed E-state index contributed by atoms with van der Waals surface area (Å²) in [5.41, 5.74) is 2.38. The van der Waals surface area contributed by atoms with Gasteiger partial charge < -0.3 is 19.9 Å². The number of fused-ring (bicyclic) bond motifs is 1. The molecule has 0 bridgehead atoms. The Labute approximate surface area is 144 Å². The van der Waals surface area contributed by atoms with Gasteiger partial charge in [0.25, 0.3) is 5.91 Å². The van der Waals surface area contributed by atoms with Crippen LogP contribution >= 0.6 is 0 Å². The summed E-state index contributed by atoms with van der Waals surface area (Å²) in [5, 5.41) is 10.2. The van der Waals surface area contributed by atoms with E-state index in [-0.39, 0.29) is 11.5 Å². The van der Waals surface area contributed by atoms with Gasteiger partial charge in [-0.05, 0) is 38.1 Å². The van der Waals surface area contributed by atoms with Gasteiger partial charge in [-0.15, -0.1) is 0 Å². The topological polar surface area (TPSA) is 88.8 Å². The lowest BCUT2D eigenvalue weighted by molar-refractivity contribution is -0.110. The van der Waals surface area contributed by atoms with Crippen LogP contribution in [0.5, 0.6) is 0 Å². The number of hydrogen-bond acceptors (Lipinski definition) is 6. The van der Waals surface area contributed by atoms with Gasteiger partial charge in [-0.1, -0.05) is 5.16 Å². The molecule has 0 radical (unpaired) electrons. The van der Waals surface area contributed by atoms with Gasteiger partial charge in [-0.2, -0.15) is 0 Å². The second-order valence-corrected chi connectivity index (χ2v) is 7.20. The van der Waals surface area contributed by atoms with E-state index in [9.17, 15) is 4.79 Å². The summed E-state index contributed by atoms with van der Waals surface area (Å²) < 4.78 is 5.81. The lowest BCUT2D eigenvalue weighted by Crippen LogP contribution is -2.42. The minimum absolute atomic E-state index is 0.211. The van der Waals surface area contributed by atoms with Crippen molar-refractivity contribution in [2.24, 2.45) is 5.16 Å². The Morgan fingerprint density at radius 1 is 1.28 bits per heavy atom. The summed E-state index contributed by atoms with van der Waals surface area (Å²) in [6, 6.07) is 5.54. The van der Waals surface area contributed by atoms with Gasteiger partial charge in [-0.3, -0.25) is 4.79 Å². The van der Waals surface area contributed by atoms with Crippen molar-refractivity contribution in [1.29, 1.82) is 0 Å². The molecule has 0 atom stereocenters. The second-order valence-electron chi connectivity index (χ2n) is 7.20. The van der Waals surface area contributed by atoms with E-state index in [4.69, 9.17) is 9.25 Å². The molecule has 2 aliphatic heterocycles. The maximum Gasteiger partial charge on any atom is 0.273 e. The van der Waals surface area contributed by atoms with Crippen molar-refractivity contribution in [3.8, 4) is 0 Å². The third-order valence-electron chi connectivity index (χ3n) is 5.21. The zero-order valence-corrected chi connectivity index (χ0v) is 13.9. The van der Waals surface area contributed by atoms with E-state index < -0.39 is 0 Å². The van der Waals surface area contributed by atoms with Gasteiger partial charge in [0.2, 0.25) is 0 Å². The quantitative estimate of drug-likeness (QED) is 0.896. The molecule has 2 aromatic rings. The van der Waals surface area contributed by atoms with Gasteiger partial charge in [0.05, 0.1) is 0 Å². The van der Waals surface area contributed by atoms with Crippen LogP contribution in [-0.2, 0) is 9.63 Å². The van der Waals surface area contributed by atoms with Crippen LogP contribution in [0.15, 0.2) is 27.8 Å². The van der Waals surface area contributed by atoms with Crippen molar-refractivity contribution in [2.75, 3.05) is 18.4 Å². The molecule has 25 heavy (non-hydrogen) atoms. The molecule has 1 aromatic carbocycles. The predicted octanol–water partition coefficient (Wildman–Crippen LogP) is 2.54. The zero-order valence-electron chi connectivity index (χ0n) is 13.9. The average Bonchev–Trinajstić information content (AvgIpc) is 3.27. The predicted molar refractivity (Wildman–Crippen MR) is 92.6 cm³/mol. The van der Waals surface area contributed by atoms with E-state index in [1.54, 1.807) is 0 Å². The van der Waals surface area contributed by atoms with Crippen molar-refractivity contribution in [2.45, 2.75) is 43.6 Å². The Kier molecular flexibility index (Phi) is 3.31. The van der Waals surface area contributed by atoms with Gasteiger partial charge >= 0.3 is 0 Å². The van der Waals surface area contributed by atoms with Crippen LogP contribution in [-0.4, -0.2) is 35.3 Å². The molecule has 1 amide bonds. The minimum atomic E-state index is -0.300. The highest BCUT2D eigenvalue weighted by molar-refractivity contribution is 6.43. The highest BCUT2D eigenvalue weighted by Gasteiger charge is 2.42. The Balaban J connectivity index is 1.29. The van der Waals surface area contributed by atoms with Gasteiger partial charge in [0.1, 0.15) is 16.8 Å². The number of benzene rings is 1. The lowest BCUT2D eigenvalue weighted by atomic mass is 9.87. The number of piperidine rings is 1. The molecule has 7 nitrogen and oxygen atoms in total. The van der Waals surface area contributed by atoms with E-state index in [0.29, 0.717) is 29.3 Å². The Morgan fingerprint density at radius 3 is 2.92 bits per heavy atom. The van der Waals surface area contributed by atoms with E-state index in [1.807, 2.05) is 18.2 Å². The maximum absolute atomic E-state index is 12.5. The number of carbonyl (C=O) groups is 1. The Hall–Kier alpha value is -2.41. The monoisotopic (exact) mass is 340 g/mol. The van der Waals surface area contributed by atoms with E-state index >= 15 is 0 Å². The summed E-state index contributed by atoms with van der Waals surface area (Å²) in [6.07, 6.45) is 4.61. The van der Waals surface area contributed by atoms with Crippen molar-refractivity contribution < 1.29 is 14.0 Å². The molecule has 1 spiro atoms. The standard InChI is InChI=1S/C18H20N4O3/c23-16(14-10-18(25-22-14)5-7-19-8-6-18)20-12-3-4-13-15(9-12)24-17(21-13)11-1-2-11/h3-4,9,11,19H,1-2,5-8,10H2,(H,20,23). The van der Waals surface area contributed by atoms with Crippen LogP contribution in [0.1, 0.15) is 43.9 Å². The number of aromatic nitrogens is 1. The molecule has 1 aromatic heterocycles.